The fourth-order valence-corrected chi connectivity index (χ4v) is 2.37. The van der Waals surface area contributed by atoms with Crippen molar-refractivity contribution in [2.75, 3.05) is 17.2 Å². The third-order valence-electron chi connectivity index (χ3n) is 3.37. The number of anilines is 2. The number of aromatic hydroxyl groups is 2. The third kappa shape index (κ3) is 3.80. The number of halogens is 1. The zero-order valence-corrected chi connectivity index (χ0v) is 14.0. The van der Waals surface area contributed by atoms with Gasteiger partial charge in [0.25, 0.3) is 0 Å². The molecule has 1 aromatic carbocycles. The minimum Gasteiger partial charge on any atom is -0.507 e. The molecule has 1 atom stereocenters. The predicted octanol–water partition coefficient (Wildman–Crippen LogP) is 1.18. The van der Waals surface area contributed by atoms with Gasteiger partial charge in [-0.2, -0.15) is 9.97 Å². The molecule has 10 nitrogen and oxygen atoms in total. The minimum absolute atomic E-state index is 0.0708. The van der Waals surface area contributed by atoms with Gasteiger partial charge in [-0.05, 0) is 19.1 Å². The van der Waals surface area contributed by atoms with Gasteiger partial charge in [0.2, 0.25) is 5.95 Å². The predicted molar refractivity (Wildman–Crippen MR) is 93.7 cm³/mol. The standard InChI is InChI=1S/C14H17ClN8O2/c1-6(16)4-18-14-19-12(11-13(20-14)22-23-21-11)17-5-8-9(24)2-7(15)3-10(8)25/h2-3,6,24-25H,4-5,16H2,1H3,(H3,17,18,19,20,21,22,23). The fourth-order valence-electron chi connectivity index (χ4n) is 2.17. The average molecular weight is 365 g/mol. The van der Waals surface area contributed by atoms with Crippen LogP contribution >= 0.6 is 11.6 Å². The summed E-state index contributed by atoms with van der Waals surface area (Å²) in [6, 6.07) is 2.62. The molecule has 0 bridgehead atoms. The lowest BCUT2D eigenvalue weighted by Gasteiger charge is -2.12. The van der Waals surface area contributed by atoms with Crippen LogP contribution in [0.5, 0.6) is 11.5 Å². The summed E-state index contributed by atoms with van der Waals surface area (Å²) < 4.78 is 0. The molecule has 0 aliphatic heterocycles. The van der Waals surface area contributed by atoms with Crippen molar-refractivity contribution in [3.8, 4) is 11.5 Å². The number of aromatic amines is 1. The number of rotatable bonds is 6. The highest BCUT2D eigenvalue weighted by atomic mass is 35.5. The SMILES string of the molecule is CC(N)CNc1nc(NCc2c(O)cc(Cl)cc2O)c2nn[nH]c2n1. The van der Waals surface area contributed by atoms with Gasteiger partial charge in [0.1, 0.15) is 11.5 Å². The van der Waals surface area contributed by atoms with Crippen LogP contribution in [0.25, 0.3) is 11.2 Å². The van der Waals surface area contributed by atoms with Crippen molar-refractivity contribution < 1.29 is 10.2 Å². The summed E-state index contributed by atoms with van der Waals surface area (Å²) in [6.07, 6.45) is 0. The zero-order chi connectivity index (χ0) is 18.0. The van der Waals surface area contributed by atoms with E-state index in [1.54, 1.807) is 0 Å². The topological polar surface area (TPSA) is 158 Å². The van der Waals surface area contributed by atoms with Crippen molar-refractivity contribution in [1.82, 2.24) is 25.4 Å². The van der Waals surface area contributed by atoms with Crippen LogP contribution in [0.4, 0.5) is 11.8 Å². The van der Waals surface area contributed by atoms with E-state index >= 15 is 0 Å². The van der Waals surface area contributed by atoms with Crippen molar-refractivity contribution >= 4 is 34.5 Å². The van der Waals surface area contributed by atoms with E-state index in [4.69, 9.17) is 17.3 Å². The molecule has 25 heavy (non-hydrogen) atoms. The molecule has 132 valence electrons. The first-order chi connectivity index (χ1) is 11.9. The number of phenols is 2. The van der Waals surface area contributed by atoms with Crippen molar-refractivity contribution in [3.05, 3.63) is 22.7 Å². The van der Waals surface area contributed by atoms with E-state index in [0.717, 1.165) is 0 Å². The lowest BCUT2D eigenvalue weighted by molar-refractivity contribution is 0.440. The Morgan fingerprint density at radius 3 is 2.64 bits per heavy atom. The summed E-state index contributed by atoms with van der Waals surface area (Å²) in [5.41, 5.74) is 6.87. The average Bonchev–Trinajstić information content (AvgIpc) is 3.00. The lowest BCUT2D eigenvalue weighted by Crippen LogP contribution is -2.26. The Hall–Kier alpha value is -2.85. The smallest absolute Gasteiger partial charge is 0.226 e. The number of nitrogens with zero attached hydrogens (tertiary/aromatic N) is 4. The maximum atomic E-state index is 9.95. The molecule has 11 heteroatoms. The number of fused-ring (bicyclic) bond motifs is 1. The molecule has 0 amide bonds. The molecule has 0 aliphatic carbocycles. The molecule has 0 fully saturated rings. The molecule has 3 rings (SSSR count). The normalized spacial score (nSPS) is 12.3. The Morgan fingerprint density at radius 1 is 1.24 bits per heavy atom. The molecular formula is C14H17ClN8O2. The van der Waals surface area contributed by atoms with E-state index in [0.29, 0.717) is 29.5 Å². The van der Waals surface area contributed by atoms with E-state index < -0.39 is 0 Å². The largest absolute Gasteiger partial charge is 0.507 e. The van der Waals surface area contributed by atoms with Crippen molar-refractivity contribution in [1.29, 1.82) is 0 Å². The fraction of sp³-hybridized carbons (Fsp3) is 0.286. The molecule has 0 spiro atoms. The van der Waals surface area contributed by atoms with Gasteiger partial charge in [-0.25, -0.2) is 5.10 Å². The molecule has 1 unspecified atom stereocenters. The highest BCUT2D eigenvalue weighted by Gasteiger charge is 2.14. The minimum atomic E-state index is -0.127. The van der Waals surface area contributed by atoms with E-state index in [9.17, 15) is 10.2 Å². The molecular weight excluding hydrogens is 348 g/mol. The van der Waals surface area contributed by atoms with Crippen LogP contribution < -0.4 is 16.4 Å². The van der Waals surface area contributed by atoms with Crippen molar-refractivity contribution in [2.45, 2.75) is 19.5 Å². The van der Waals surface area contributed by atoms with Crippen molar-refractivity contribution in [2.24, 2.45) is 5.73 Å². The maximum Gasteiger partial charge on any atom is 0.226 e. The monoisotopic (exact) mass is 364 g/mol. The summed E-state index contributed by atoms with van der Waals surface area (Å²) in [6.45, 7) is 2.44. The number of benzene rings is 1. The Balaban J connectivity index is 1.86. The van der Waals surface area contributed by atoms with Gasteiger partial charge in [-0.3, -0.25) is 0 Å². The van der Waals surface area contributed by atoms with E-state index in [1.807, 2.05) is 6.92 Å². The van der Waals surface area contributed by atoms with Crippen LogP contribution in [-0.2, 0) is 6.54 Å². The van der Waals surface area contributed by atoms with Gasteiger partial charge in [-0.1, -0.05) is 16.8 Å². The van der Waals surface area contributed by atoms with Gasteiger partial charge in [0.05, 0.1) is 5.56 Å². The zero-order valence-electron chi connectivity index (χ0n) is 13.3. The van der Waals surface area contributed by atoms with Gasteiger partial charge in [0, 0.05) is 24.2 Å². The van der Waals surface area contributed by atoms with Crippen LogP contribution in [0.1, 0.15) is 12.5 Å². The quantitative estimate of drug-likeness (QED) is 0.377. The first kappa shape index (κ1) is 17.0. The lowest BCUT2D eigenvalue weighted by atomic mass is 10.1. The van der Waals surface area contributed by atoms with Gasteiger partial charge >= 0.3 is 0 Å². The molecule has 0 saturated carbocycles. The molecule has 0 saturated heterocycles. The summed E-state index contributed by atoms with van der Waals surface area (Å²) in [7, 11) is 0. The molecule has 2 heterocycles. The molecule has 7 N–H and O–H groups in total. The summed E-state index contributed by atoms with van der Waals surface area (Å²) in [5.74, 6) is 0.485. The Morgan fingerprint density at radius 2 is 1.96 bits per heavy atom. The number of hydrogen-bond acceptors (Lipinski definition) is 9. The second-order valence-corrected chi connectivity index (χ2v) is 5.98. The summed E-state index contributed by atoms with van der Waals surface area (Å²) in [4.78, 5) is 8.59. The molecule has 3 aromatic rings. The first-order valence-electron chi connectivity index (χ1n) is 7.46. The van der Waals surface area contributed by atoms with Gasteiger partial charge in [-0.15, -0.1) is 5.10 Å². The van der Waals surface area contributed by atoms with Crippen LogP contribution in [0.3, 0.4) is 0 Å². The molecule has 2 aromatic heterocycles. The summed E-state index contributed by atoms with van der Waals surface area (Å²) in [5, 5.41) is 36.5. The van der Waals surface area contributed by atoms with Crippen LogP contribution in [0.2, 0.25) is 5.02 Å². The van der Waals surface area contributed by atoms with Gasteiger partial charge in [0.15, 0.2) is 17.0 Å². The Kier molecular flexibility index (Phi) is 4.72. The maximum absolute atomic E-state index is 9.95. The number of phenolic OH excluding ortho intramolecular Hbond substituents is 2. The first-order valence-corrected chi connectivity index (χ1v) is 7.84. The number of nitrogens with two attached hydrogens (primary N) is 1. The Labute approximate surface area is 147 Å². The Bertz CT molecular complexity index is 875. The van der Waals surface area contributed by atoms with Crippen molar-refractivity contribution in [3.63, 3.8) is 0 Å². The number of nitrogens with one attached hydrogen (secondary N) is 3. The van der Waals surface area contributed by atoms with Crippen LogP contribution in [0.15, 0.2) is 12.1 Å². The third-order valence-corrected chi connectivity index (χ3v) is 3.59. The second kappa shape index (κ2) is 6.95. The number of aromatic nitrogens is 5. The molecule has 0 radical (unpaired) electrons. The highest BCUT2D eigenvalue weighted by Crippen LogP contribution is 2.32. The summed E-state index contributed by atoms with van der Waals surface area (Å²) >= 11 is 5.78. The number of hydrogen-bond donors (Lipinski definition) is 6. The van der Waals surface area contributed by atoms with E-state index in [1.165, 1.54) is 12.1 Å². The highest BCUT2D eigenvalue weighted by molar-refractivity contribution is 6.30. The van der Waals surface area contributed by atoms with E-state index in [-0.39, 0.29) is 34.7 Å². The second-order valence-electron chi connectivity index (χ2n) is 5.54. The molecule has 0 aliphatic rings. The van der Waals surface area contributed by atoms with Gasteiger partial charge < -0.3 is 26.6 Å². The van der Waals surface area contributed by atoms with Crippen LogP contribution in [-0.4, -0.2) is 48.2 Å². The number of H-pyrrole nitrogens is 1. The van der Waals surface area contributed by atoms with Crippen LogP contribution in [0, 0.1) is 0 Å². The van der Waals surface area contributed by atoms with E-state index in [2.05, 4.69) is 36.0 Å².